The number of ether oxygens (including phenoxy) is 4. The van der Waals surface area contributed by atoms with Crippen LogP contribution in [0.15, 0.2) is 109 Å². The molecule has 3 N–H and O–H groups in total. The quantitative estimate of drug-likeness (QED) is 0.0169. The Labute approximate surface area is 594 Å². The number of aliphatic hydroxyl groups excluding tert-OH is 1. The lowest BCUT2D eigenvalue weighted by Gasteiger charge is -2.21. The second-order valence-electron chi connectivity index (χ2n) is 25.2. The van der Waals surface area contributed by atoms with Gasteiger partial charge in [0.05, 0.1) is 26.4 Å². The Morgan fingerprint density at radius 1 is 0.296 bits per heavy atom. The van der Waals surface area contributed by atoms with Crippen LogP contribution in [0.3, 0.4) is 0 Å². The minimum Gasteiger partial charge on any atom is -0.462 e. The Hall–Kier alpha value is -4.28. The first kappa shape index (κ1) is 93.7. The number of aliphatic hydroxyl groups is 1. The maximum absolute atomic E-state index is 13.1. The fourth-order valence-electron chi connectivity index (χ4n) is 9.91. The van der Waals surface area contributed by atoms with Gasteiger partial charge in [0, 0.05) is 25.7 Å². The van der Waals surface area contributed by atoms with Crippen LogP contribution in [0.4, 0.5) is 0 Å². The van der Waals surface area contributed by atoms with Crippen LogP contribution in [-0.2, 0) is 65.4 Å². The van der Waals surface area contributed by atoms with Crippen LogP contribution in [0.2, 0.25) is 0 Å². The molecule has 0 aromatic rings. The summed E-state index contributed by atoms with van der Waals surface area (Å²) in [6.45, 7) is 4.56. The molecule has 0 aliphatic carbocycles. The van der Waals surface area contributed by atoms with Crippen LogP contribution in [-0.4, -0.2) is 96.7 Å². The van der Waals surface area contributed by atoms with Gasteiger partial charge < -0.3 is 33.8 Å². The lowest BCUT2D eigenvalue weighted by molar-refractivity contribution is -0.161. The summed E-state index contributed by atoms with van der Waals surface area (Å²) in [6.07, 6.45) is 75.3. The van der Waals surface area contributed by atoms with Gasteiger partial charge in [0.25, 0.3) is 0 Å². The molecule has 98 heavy (non-hydrogen) atoms. The molecule has 0 fully saturated rings. The van der Waals surface area contributed by atoms with Gasteiger partial charge in [-0.2, -0.15) is 0 Å². The summed E-state index contributed by atoms with van der Waals surface area (Å²) < 4.78 is 68.3. The Balaban J connectivity index is 5.39. The highest BCUT2D eigenvalue weighted by molar-refractivity contribution is 7.47. The lowest BCUT2D eigenvalue weighted by atomic mass is 10.0. The molecule has 0 rings (SSSR count). The Kier molecular flexibility index (Phi) is 68.0. The smallest absolute Gasteiger partial charge is 0.462 e. The van der Waals surface area contributed by atoms with Crippen molar-refractivity contribution in [1.82, 2.24) is 0 Å². The first-order valence-corrected chi connectivity index (χ1v) is 41.1. The number of phosphoric ester groups is 2. The van der Waals surface area contributed by atoms with E-state index in [-0.39, 0.29) is 25.7 Å². The predicted molar refractivity (Wildman–Crippen MR) is 399 cm³/mol. The van der Waals surface area contributed by atoms with Gasteiger partial charge in [0.15, 0.2) is 12.2 Å². The van der Waals surface area contributed by atoms with Crippen LogP contribution in [0, 0.1) is 0 Å². The van der Waals surface area contributed by atoms with Gasteiger partial charge >= 0.3 is 39.5 Å². The molecule has 5 atom stereocenters. The van der Waals surface area contributed by atoms with E-state index in [4.69, 9.17) is 37.0 Å². The zero-order chi connectivity index (χ0) is 71.8. The van der Waals surface area contributed by atoms with E-state index in [0.29, 0.717) is 32.1 Å². The molecule has 0 aromatic carbocycles. The van der Waals surface area contributed by atoms with E-state index in [2.05, 4.69) is 119 Å². The summed E-state index contributed by atoms with van der Waals surface area (Å²) in [6, 6.07) is 0. The minimum absolute atomic E-state index is 0.0369. The van der Waals surface area contributed by atoms with Gasteiger partial charge in [-0.05, 0) is 109 Å². The minimum atomic E-state index is -4.99. The van der Waals surface area contributed by atoms with Crippen molar-refractivity contribution >= 4 is 39.5 Å². The lowest BCUT2D eigenvalue weighted by Crippen LogP contribution is -2.30. The number of carbonyl (C=O) groups excluding carboxylic acids is 4. The van der Waals surface area contributed by atoms with E-state index in [9.17, 15) is 43.2 Å². The van der Waals surface area contributed by atoms with Gasteiger partial charge in [-0.25, -0.2) is 9.13 Å². The van der Waals surface area contributed by atoms with Crippen molar-refractivity contribution in [2.75, 3.05) is 39.6 Å². The van der Waals surface area contributed by atoms with Crippen molar-refractivity contribution in [3.63, 3.8) is 0 Å². The third kappa shape index (κ3) is 70.2. The molecule has 0 spiro atoms. The van der Waals surface area contributed by atoms with E-state index in [1.54, 1.807) is 0 Å². The van der Waals surface area contributed by atoms with Crippen molar-refractivity contribution in [3.05, 3.63) is 109 Å². The topological polar surface area (TPSA) is 237 Å². The van der Waals surface area contributed by atoms with Crippen LogP contribution in [0.1, 0.15) is 310 Å². The van der Waals surface area contributed by atoms with Gasteiger partial charge in [0.1, 0.15) is 19.3 Å². The molecule has 0 radical (unpaired) electrons. The third-order valence-electron chi connectivity index (χ3n) is 15.7. The normalized spacial score (nSPS) is 14.6. The maximum Gasteiger partial charge on any atom is 0.472 e. The first-order chi connectivity index (χ1) is 47.7. The molecule has 19 heteroatoms. The number of unbranched alkanes of at least 4 members (excludes halogenated alkanes) is 27. The highest BCUT2D eigenvalue weighted by Crippen LogP contribution is 2.45. The van der Waals surface area contributed by atoms with Crippen molar-refractivity contribution in [1.29, 1.82) is 0 Å². The van der Waals surface area contributed by atoms with Crippen LogP contribution in [0.25, 0.3) is 0 Å². The molecular weight excluding hydrogens is 1280 g/mol. The standard InChI is InChI=1S/C79H136O17P2/c1-5-9-13-17-21-25-29-32-34-35-36-37-39-41-45-48-52-56-60-64-77(82)90-70-75(96-79(84)66-62-58-54-50-46-42-38-33-30-26-22-18-14-10-6-2)72-94-98(87,88)92-68-73(80)67-91-97(85,86)93-71-74(95-78(83)65-61-57-53-49-43-28-24-20-16-12-8-4)69-89-76(81)63-59-55-51-47-44-40-31-27-23-19-15-11-7-3/h9,13,15,19-21,24-25,27,31-32,34,36-37,41,45,52,56,73-75,80H,5-8,10-12,14,16-18,22-23,26,28-30,33,35,38-40,42-44,46-51,53-55,57-72H2,1-4H3,(H,85,86)(H,87,88)/b13-9-,19-15-,24-20-,25-21-,31-27-,34-32-,37-36-,45-41-,56-52-. The zero-order valence-corrected chi connectivity index (χ0v) is 63.2. The van der Waals surface area contributed by atoms with Crippen molar-refractivity contribution in [2.45, 2.75) is 329 Å². The van der Waals surface area contributed by atoms with E-state index in [0.717, 1.165) is 148 Å². The molecule has 17 nitrogen and oxygen atoms in total. The predicted octanol–water partition coefficient (Wildman–Crippen LogP) is 21.8. The fraction of sp³-hybridized carbons (Fsp3) is 0.722. The summed E-state index contributed by atoms with van der Waals surface area (Å²) >= 11 is 0. The number of allylic oxidation sites excluding steroid dienone is 18. The Bertz CT molecular complexity index is 2290. The molecule has 0 amide bonds. The largest absolute Gasteiger partial charge is 0.472 e. The van der Waals surface area contributed by atoms with Gasteiger partial charge in [-0.15, -0.1) is 0 Å². The SMILES string of the molecule is CC/C=C\C/C=C\C/C=C\C/C=C\C/C=C\C/C=C\CCC(=O)OCC(COP(=O)(O)OCC(O)COP(=O)(O)OCC(COC(=O)CCCCCCC/C=C\C/C=C\CCC)OC(=O)CCCCCCC/C=C\CCCC)OC(=O)CCCCCCCCCCCCCCCCC. The highest BCUT2D eigenvalue weighted by atomic mass is 31.2. The number of esters is 4. The molecule has 0 saturated carbocycles. The highest BCUT2D eigenvalue weighted by Gasteiger charge is 2.30. The van der Waals surface area contributed by atoms with E-state index >= 15 is 0 Å². The number of hydrogen-bond acceptors (Lipinski definition) is 15. The molecular formula is C79H136O17P2. The van der Waals surface area contributed by atoms with Crippen molar-refractivity contribution < 1.29 is 80.2 Å². The van der Waals surface area contributed by atoms with Crippen molar-refractivity contribution in [2.24, 2.45) is 0 Å². The molecule has 0 aromatic heterocycles. The zero-order valence-electron chi connectivity index (χ0n) is 61.4. The summed E-state index contributed by atoms with van der Waals surface area (Å²) in [4.78, 5) is 72.7. The second kappa shape index (κ2) is 71.1. The van der Waals surface area contributed by atoms with Crippen LogP contribution < -0.4 is 0 Å². The molecule has 0 aliphatic heterocycles. The van der Waals surface area contributed by atoms with Crippen LogP contribution >= 0.6 is 15.6 Å². The van der Waals surface area contributed by atoms with Gasteiger partial charge in [-0.3, -0.25) is 37.3 Å². The monoisotopic (exact) mass is 1420 g/mol. The Morgan fingerprint density at radius 3 is 0.959 bits per heavy atom. The van der Waals surface area contributed by atoms with E-state index in [1.165, 1.54) is 77.0 Å². The number of carbonyl (C=O) groups is 4. The second-order valence-corrected chi connectivity index (χ2v) is 28.1. The van der Waals surface area contributed by atoms with E-state index < -0.39 is 97.5 Å². The Morgan fingerprint density at radius 2 is 0.582 bits per heavy atom. The number of phosphoric acid groups is 2. The first-order valence-electron chi connectivity index (χ1n) is 38.1. The molecule has 5 unspecified atom stereocenters. The summed E-state index contributed by atoms with van der Waals surface area (Å²) in [5, 5.41) is 10.6. The number of hydrogen-bond donors (Lipinski definition) is 3. The fourth-order valence-corrected chi connectivity index (χ4v) is 11.5. The summed E-state index contributed by atoms with van der Waals surface area (Å²) in [7, 11) is -9.97. The van der Waals surface area contributed by atoms with Crippen LogP contribution in [0.5, 0.6) is 0 Å². The average molecular weight is 1420 g/mol. The molecule has 0 saturated heterocycles. The summed E-state index contributed by atoms with van der Waals surface area (Å²) in [5.74, 6) is -2.29. The van der Waals surface area contributed by atoms with Crippen molar-refractivity contribution in [3.8, 4) is 0 Å². The summed E-state index contributed by atoms with van der Waals surface area (Å²) in [5.41, 5.74) is 0. The van der Waals surface area contributed by atoms with Gasteiger partial charge in [-0.1, -0.05) is 285 Å². The van der Waals surface area contributed by atoms with Gasteiger partial charge in [0.2, 0.25) is 0 Å². The average Bonchev–Trinajstić information content (AvgIpc) is 0.992. The molecule has 564 valence electrons. The number of rotatable bonds is 71. The molecule has 0 bridgehead atoms. The molecule has 0 heterocycles. The molecule has 0 aliphatic rings. The maximum atomic E-state index is 13.1. The van der Waals surface area contributed by atoms with E-state index in [1.807, 2.05) is 18.2 Å². The third-order valence-corrected chi connectivity index (χ3v) is 17.6.